The Hall–Kier alpha value is -2.31. The maximum Gasteiger partial charge on any atom is 0.221 e. The van der Waals surface area contributed by atoms with Gasteiger partial charge in [0.2, 0.25) is 17.7 Å². The van der Waals surface area contributed by atoms with Crippen LogP contribution in [0.5, 0.6) is 5.88 Å². The Morgan fingerprint density at radius 2 is 2.19 bits per heavy atom. The average molecular weight is 291 g/mol. The lowest BCUT2D eigenvalue weighted by Crippen LogP contribution is -2.28. The van der Waals surface area contributed by atoms with Gasteiger partial charge in [0.15, 0.2) is 5.65 Å². The second kappa shape index (κ2) is 6.43. The number of pyridine rings is 1. The highest BCUT2D eigenvalue weighted by molar-refractivity contribution is 5.77. The normalized spacial score (nSPS) is 11.0. The summed E-state index contributed by atoms with van der Waals surface area (Å²) in [7, 11) is 1.55. The van der Waals surface area contributed by atoms with Gasteiger partial charge in [-0.25, -0.2) is 4.98 Å². The molecule has 2 heterocycles. The summed E-state index contributed by atoms with van der Waals surface area (Å²) in [6.07, 6.45) is 0.335. The van der Waals surface area contributed by atoms with Gasteiger partial charge in [0.25, 0.3) is 0 Å². The molecule has 0 spiro atoms. The van der Waals surface area contributed by atoms with Crippen molar-refractivity contribution in [2.75, 3.05) is 19.4 Å². The summed E-state index contributed by atoms with van der Waals surface area (Å²) in [5, 5.41) is 2.88. The Morgan fingerprint density at radius 3 is 2.86 bits per heavy atom. The van der Waals surface area contributed by atoms with Crippen LogP contribution in [0.4, 0.5) is 5.95 Å². The van der Waals surface area contributed by atoms with Crippen LogP contribution in [0.15, 0.2) is 12.1 Å². The van der Waals surface area contributed by atoms with Gasteiger partial charge in [0.1, 0.15) is 5.52 Å². The number of carbonyl (C=O) groups excluding carboxylic acids is 1. The van der Waals surface area contributed by atoms with Gasteiger partial charge >= 0.3 is 0 Å². The number of fused-ring (bicyclic) bond motifs is 1. The number of imidazole rings is 1. The molecule has 3 N–H and O–H groups in total. The van der Waals surface area contributed by atoms with E-state index < -0.39 is 0 Å². The first-order chi connectivity index (χ1) is 10.0. The molecule has 7 heteroatoms. The van der Waals surface area contributed by atoms with Crippen molar-refractivity contribution >= 4 is 23.0 Å². The van der Waals surface area contributed by atoms with E-state index in [0.29, 0.717) is 48.4 Å². The zero-order valence-corrected chi connectivity index (χ0v) is 12.6. The van der Waals surface area contributed by atoms with Gasteiger partial charge in [-0.15, -0.1) is 0 Å². The summed E-state index contributed by atoms with van der Waals surface area (Å²) in [4.78, 5) is 20.3. The monoisotopic (exact) mass is 291 g/mol. The standard InChI is InChI=1S/C14H21N5O2/c1-9(2)8-16-11(20)6-7-19-13-10(17-14(19)15)4-5-12(18-13)21-3/h4-5,9H,6-8H2,1-3H3,(H2,15,17)(H,16,20). The van der Waals surface area contributed by atoms with Crippen molar-refractivity contribution < 1.29 is 9.53 Å². The molecule has 114 valence electrons. The molecule has 2 aromatic heterocycles. The van der Waals surface area contributed by atoms with Gasteiger partial charge in [-0.05, 0) is 12.0 Å². The van der Waals surface area contributed by atoms with Crippen molar-refractivity contribution in [2.45, 2.75) is 26.8 Å². The van der Waals surface area contributed by atoms with Gasteiger partial charge in [-0.1, -0.05) is 13.8 Å². The minimum Gasteiger partial charge on any atom is -0.481 e. The first-order valence-electron chi connectivity index (χ1n) is 6.94. The number of nitrogens with zero attached hydrogens (tertiary/aromatic N) is 3. The molecule has 2 aromatic rings. The molecule has 0 aliphatic heterocycles. The molecule has 0 saturated carbocycles. The highest BCUT2D eigenvalue weighted by Crippen LogP contribution is 2.19. The third-order valence-corrected chi connectivity index (χ3v) is 3.08. The molecular formula is C14H21N5O2. The van der Waals surface area contributed by atoms with E-state index in [-0.39, 0.29) is 5.91 Å². The van der Waals surface area contributed by atoms with Crippen LogP contribution in [-0.2, 0) is 11.3 Å². The van der Waals surface area contributed by atoms with Gasteiger partial charge in [-0.3, -0.25) is 9.36 Å². The molecule has 21 heavy (non-hydrogen) atoms. The van der Waals surface area contributed by atoms with Crippen molar-refractivity contribution in [3.63, 3.8) is 0 Å². The van der Waals surface area contributed by atoms with Crippen LogP contribution in [0.25, 0.3) is 11.2 Å². The summed E-state index contributed by atoms with van der Waals surface area (Å²) in [6.45, 7) is 5.22. The Kier molecular flexibility index (Phi) is 4.62. The maximum absolute atomic E-state index is 11.8. The number of methoxy groups -OCH3 is 1. The van der Waals surface area contributed by atoms with Crippen LogP contribution in [0.2, 0.25) is 0 Å². The SMILES string of the molecule is COc1ccc2nc(N)n(CCC(=O)NCC(C)C)c2n1. The van der Waals surface area contributed by atoms with E-state index in [0.717, 1.165) is 0 Å². The van der Waals surface area contributed by atoms with Crippen molar-refractivity contribution in [3.8, 4) is 5.88 Å². The lowest BCUT2D eigenvalue weighted by Gasteiger charge is -2.09. The molecule has 0 bridgehead atoms. The van der Waals surface area contributed by atoms with E-state index in [4.69, 9.17) is 10.5 Å². The van der Waals surface area contributed by atoms with Crippen molar-refractivity contribution in [2.24, 2.45) is 5.92 Å². The lowest BCUT2D eigenvalue weighted by molar-refractivity contribution is -0.121. The summed E-state index contributed by atoms with van der Waals surface area (Å²) >= 11 is 0. The van der Waals surface area contributed by atoms with Crippen molar-refractivity contribution in [1.82, 2.24) is 19.9 Å². The number of hydrogen-bond acceptors (Lipinski definition) is 5. The van der Waals surface area contributed by atoms with Crippen molar-refractivity contribution in [3.05, 3.63) is 12.1 Å². The molecule has 0 unspecified atom stereocenters. The van der Waals surface area contributed by atoms with E-state index in [2.05, 4.69) is 29.1 Å². The van der Waals surface area contributed by atoms with Crippen molar-refractivity contribution in [1.29, 1.82) is 0 Å². The number of aryl methyl sites for hydroxylation is 1. The van der Waals surface area contributed by atoms with Gasteiger partial charge in [0.05, 0.1) is 7.11 Å². The lowest BCUT2D eigenvalue weighted by atomic mass is 10.2. The summed E-state index contributed by atoms with van der Waals surface area (Å²) < 4.78 is 6.83. The molecule has 7 nitrogen and oxygen atoms in total. The Bertz CT molecular complexity index is 636. The molecule has 0 aliphatic rings. The summed E-state index contributed by atoms with van der Waals surface area (Å²) in [5.41, 5.74) is 7.21. The molecule has 0 radical (unpaired) electrons. The largest absolute Gasteiger partial charge is 0.481 e. The number of rotatable bonds is 6. The van der Waals surface area contributed by atoms with Gasteiger partial charge < -0.3 is 15.8 Å². The van der Waals surface area contributed by atoms with Crippen LogP contribution in [-0.4, -0.2) is 34.1 Å². The fourth-order valence-corrected chi connectivity index (χ4v) is 1.96. The van der Waals surface area contributed by atoms with E-state index in [1.54, 1.807) is 23.8 Å². The van der Waals surface area contributed by atoms with E-state index in [9.17, 15) is 4.79 Å². The predicted molar refractivity (Wildman–Crippen MR) is 81.0 cm³/mol. The van der Waals surface area contributed by atoms with Crippen LogP contribution in [0, 0.1) is 5.92 Å². The number of ether oxygens (including phenoxy) is 1. The highest BCUT2D eigenvalue weighted by Gasteiger charge is 2.12. The number of hydrogen-bond donors (Lipinski definition) is 2. The minimum absolute atomic E-state index is 0.00662. The molecule has 0 saturated heterocycles. The van der Waals surface area contributed by atoms with Crippen LogP contribution in [0.1, 0.15) is 20.3 Å². The van der Waals surface area contributed by atoms with E-state index >= 15 is 0 Å². The first kappa shape index (κ1) is 15.1. The number of nitrogens with two attached hydrogens (primary N) is 1. The Balaban J connectivity index is 2.10. The molecule has 0 aromatic carbocycles. The van der Waals surface area contributed by atoms with Crippen LogP contribution in [0.3, 0.4) is 0 Å². The molecule has 0 atom stereocenters. The van der Waals surface area contributed by atoms with E-state index in [1.165, 1.54) is 0 Å². The summed E-state index contributed by atoms with van der Waals surface area (Å²) in [6, 6.07) is 3.53. The average Bonchev–Trinajstić information content (AvgIpc) is 2.77. The molecular weight excluding hydrogens is 270 g/mol. The highest BCUT2D eigenvalue weighted by atomic mass is 16.5. The maximum atomic E-state index is 11.8. The number of carbonyl (C=O) groups is 1. The fraction of sp³-hybridized carbons (Fsp3) is 0.500. The molecule has 1 amide bonds. The number of aromatic nitrogens is 3. The first-order valence-corrected chi connectivity index (χ1v) is 6.94. The predicted octanol–water partition coefficient (Wildman–Crippen LogP) is 1.18. The quantitative estimate of drug-likeness (QED) is 0.833. The Morgan fingerprint density at radius 1 is 1.43 bits per heavy atom. The third kappa shape index (κ3) is 3.62. The second-order valence-corrected chi connectivity index (χ2v) is 5.27. The molecule has 0 fully saturated rings. The summed E-state index contributed by atoms with van der Waals surface area (Å²) in [5.74, 6) is 1.27. The van der Waals surface area contributed by atoms with Gasteiger partial charge in [0, 0.05) is 25.6 Å². The minimum atomic E-state index is -0.00662. The zero-order valence-electron chi connectivity index (χ0n) is 12.6. The topological polar surface area (TPSA) is 95.1 Å². The number of amides is 1. The smallest absolute Gasteiger partial charge is 0.221 e. The van der Waals surface area contributed by atoms with Crippen LogP contribution >= 0.6 is 0 Å². The number of nitrogen functional groups attached to an aromatic ring is 1. The fourth-order valence-electron chi connectivity index (χ4n) is 1.96. The number of nitrogens with one attached hydrogen (secondary N) is 1. The zero-order chi connectivity index (χ0) is 15.4. The second-order valence-electron chi connectivity index (χ2n) is 5.27. The van der Waals surface area contributed by atoms with E-state index in [1.807, 2.05) is 0 Å². The Labute approximate surface area is 123 Å². The third-order valence-electron chi connectivity index (χ3n) is 3.08. The number of anilines is 1. The molecule has 2 rings (SSSR count). The molecule has 0 aliphatic carbocycles. The van der Waals surface area contributed by atoms with Gasteiger partial charge in [-0.2, -0.15) is 4.98 Å². The van der Waals surface area contributed by atoms with Crippen LogP contribution < -0.4 is 15.8 Å².